The van der Waals surface area contributed by atoms with E-state index in [0.29, 0.717) is 11.4 Å². The van der Waals surface area contributed by atoms with Gasteiger partial charge in [0.1, 0.15) is 0 Å². The number of nitrogens with one attached hydrogen (secondary N) is 1. The normalized spacial score (nSPS) is 11.2. The number of carbonyl (C=O) groups excluding carboxylic acids is 1. The fraction of sp³-hybridized carbons (Fsp3) is 0.636. The first-order valence-electron chi connectivity index (χ1n) is 5.47. The summed E-state index contributed by atoms with van der Waals surface area (Å²) in [6.07, 6.45) is 0. The summed E-state index contributed by atoms with van der Waals surface area (Å²) in [5.41, 5.74) is 7.51. The van der Waals surface area contributed by atoms with E-state index < -0.39 is 0 Å². The van der Waals surface area contributed by atoms with Crippen molar-refractivity contribution in [2.75, 3.05) is 12.8 Å². The first kappa shape index (κ1) is 12.5. The number of hydrogen-bond acceptors (Lipinski definition) is 3. The third kappa shape index (κ3) is 2.18. The third-order valence-corrected chi connectivity index (χ3v) is 2.71. The molecule has 0 saturated carbocycles. The molecule has 0 atom stereocenters. The van der Waals surface area contributed by atoms with E-state index in [2.05, 4.69) is 10.2 Å². The second-order valence-corrected chi connectivity index (χ2v) is 4.56. The zero-order valence-electron chi connectivity index (χ0n) is 10.5. The fourth-order valence-corrected chi connectivity index (χ4v) is 1.37. The average molecular weight is 224 g/mol. The lowest BCUT2D eigenvalue weighted by molar-refractivity contribution is 0.0750. The van der Waals surface area contributed by atoms with Gasteiger partial charge in [0.2, 0.25) is 0 Å². The molecular formula is C11H20N4O. The highest BCUT2D eigenvalue weighted by atomic mass is 16.2. The Hall–Kier alpha value is -1.52. The van der Waals surface area contributed by atoms with Gasteiger partial charge in [-0.2, -0.15) is 5.10 Å². The molecule has 1 aromatic rings. The monoisotopic (exact) mass is 224 g/mol. The van der Waals surface area contributed by atoms with Crippen molar-refractivity contribution in [3.05, 3.63) is 11.4 Å². The van der Waals surface area contributed by atoms with Crippen molar-refractivity contribution in [2.45, 2.75) is 39.7 Å². The molecular weight excluding hydrogens is 204 g/mol. The molecule has 0 aliphatic rings. The van der Waals surface area contributed by atoms with Crippen LogP contribution in [0.1, 0.15) is 49.8 Å². The predicted molar refractivity (Wildman–Crippen MR) is 64.3 cm³/mol. The molecule has 0 aromatic carbocycles. The lowest BCUT2D eigenvalue weighted by Crippen LogP contribution is -2.33. The Morgan fingerprint density at radius 3 is 2.31 bits per heavy atom. The van der Waals surface area contributed by atoms with Gasteiger partial charge in [0, 0.05) is 13.1 Å². The molecule has 1 amide bonds. The van der Waals surface area contributed by atoms with Gasteiger partial charge in [-0.1, -0.05) is 13.8 Å². The van der Waals surface area contributed by atoms with Crippen molar-refractivity contribution in [3.8, 4) is 0 Å². The molecule has 0 bridgehead atoms. The highest BCUT2D eigenvalue weighted by Crippen LogP contribution is 2.23. The number of nitrogen functional groups attached to an aromatic ring is 1. The lowest BCUT2D eigenvalue weighted by Gasteiger charge is -2.20. The molecule has 16 heavy (non-hydrogen) atoms. The molecule has 0 aliphatic carbocycles. The summed E-state index contributed by atoms with van der Waals surface area (Å²) in [4.78, 5) is 13.6. The Labute approximate surface area is 96.0 Å². The minimum Gasteiger partial charge on any atom is -0.395 e. The molecule has 5 heteroatoms. The van der Waals surface area contributed by atoms with Gasteiger partial charge in [-0.3, -0.25) is 9.89 Å². The van der Waals surface area contributed by atoms with Gasteiger partial charge in [-0.05, 0) is 19.8 Å². The molecule has 5 nitrogen and oxygen atoms in total. The van der Waals surface area contributed by atoms with Crippen molar-refractivity contribution in [3.63, 3.8) is 0 Å². The van der Waals surface area contributed by atoms with Gasteiger partial charge < -0.3 is 10.6 Å². The maximum absolute atomic E-state index is 12.0. The molecule has 90 valence electrons. The standard InChI is InChI=1S/C11H20N4O/c1-6(2)9-8(12)10(14-13-9)11(16)15(5)7(3)4/h6-7H,12H2,1-5H3,(H,13,14). The van der Waals surface area contributed by atoms with Crippen molar-refractivity contribution >= 4 is 11.6 Å². The Balaban J connectivity index is 3.02. The van der Waals surface area contributed by atoms with E-state index in [1.54, 1.807) is 11.9 Å². The van der Waals surface area contributed by atoms with Crippen LogP contribution < -0.4 is 5.73 Å². The Morgan fingerprint density at radius 1 is 1.38 bits per heavy atom. The minimum atomic E-state index is -0.143. The topological polar surface area (TPSA) is 75.0 Å². The summed E-state index contributed by atoms with van der Waals surface area (Å²) >= 11 is 0. The summed E-state index contributed by atoms with van der Waals surface area (Å²) in [6.45, 7) is 7.91. The molecule has 1 rings (SSSR count). The zero-order chi connectivity index (χ0) is 12.5. The van der Waals surface area contributed by atoms with Crippen LogP contribution in [-0.2, 0) is 0 Å². The molecule has 3 N–H and O–H groups in total. The number of aromatic nitrogens is 2. The zero-order valence-corrected chi connectivity index (χ0v) is 10.5. The number of nitrogens with zero attached hydrogens (tertiary/aromatic N) is 2. The van der Waals surface area contributed by atoms with E-state index >= 15 is 0 Å². The maximum Gasteiger partial charge on any atom is 0.276 e. The first-order chi connectivity index (χ1) is 7.36. The third-order valence-electron chi connectivity index (χ3n) is 2.71. The van der Waals surface area contributed by atoms with Gasteiger partial charge in [0.05, 0.1) is 11.4 Å². The number of rotatable bonds is 3. The van der Waals surface area contributed by atoms with Crippen LogP contribution in [0.3, 0.4) is 0 Å². The van der Waals surface area contributed by atoms with Crippen LogP contribution in [0.2, 0.25) is 0 Å². The van der Waals surface area contributed by atoms with Crippen LogP contribution in [-0.4, -0.2) is 34.1 Å². The van der Waals surface area contributed by atoms with Crippen molar-refractivity contribution in [1.82, 2.24) is 15.1 Å². The van der Waals surface area contributed by atoms with Crippen LogP contribution in [0.5, 0.6) is 0 Å². The molecule has 0 radical (unpaired) electrons. The van der Waals surface area contributed by atoms with Crippen LogP contribution in [0.25, 0.3) is 0 Å². The van der Waals surface area contributed by atoms with Crippen molar-refractivity contribution < 1.29 is 4.79 Å². The van der Waals surface area contributed by atoms with Gasteiger partial charge in [0.25, 0.3) is 5.91 Å². The molecule has 0 fully saturated rings. The highest BCUT2D eigenvalue weighted by molar-refractivity contribution is 5.97. The Morgan fingerprint density at radius 2 is 1.94 bits per heavy atom. The molecule has 1 aromatic heterocycles. The van der Waals surface area contributed by atoms with Crippen molar-refractivity contribution in [1.29, 1.82) is 0 Å². The van der Waals surface area contributed by atoms with Crippen LogP contribution in [0.15, 0.2) is 0 Å². The number of anilines is 1. The molecule has 0 unspecified atom stereocenters. The highest BCUT2D eigenvalue weighted by Gasteiger charge is 2.22. The Kier molecular flexibility index (Phi) is 3.57. The summed E-state index contributed by atoms with van der Waals surface area (Å²) in [7, 11) is 1.75. The number of hydrogen-bond donors (Lipinski definition) is 2. The van der Waals surface area contributed by atoms with Crippen LogP contribution in [0.4, 0.5) is 5.69 Å². The average Bonchev–Trinajstić information content (AvgIpc) is 2.57. The van der Waals surface area contributed by atoms with Crippen LogP contribution >= 0.6 is 0 Å². The van der Waals surface area contributed by atoms with E-state index in [9.17, 15) is 4.79 Å². The van der Waals surface area contributed by atoms with Crippen molar-refractivity contribution in [2.24, 2.45) is 0 Å². The summed E-state index contributed by atoms with van der Waals surface area (Å²) < 4.78 is 0. The smallest absolute Gasteiger partial charge is 0.276 e. The first-order valence-corrected chi connectivity index (χ1v) is 5.47. The van der Waals surface area contributed by atoms with Gasteiger partial charge in [0.15, 0.2) is 5.69 Å². The van der Waals surface area contributed by atoms with E-state index in [4.69, 9.17) is 5.73 Å². The summed E-state index contributed by atoms with van der Waals surface area (Å²) in [6, 6.07) is 0.131. The minimum absolute atomic E-state index is 0.131. The van der Waals surface area contributed by atoms with E-state index in [1.165, 1.54) is 0 Å². The number of aromatic amines is 1. The molecule has 0 saturated heterocycles. The number of H-pyrrole nitrogens is 1. The Bertz CT molecular complexity index is 381. The van der Waals surface area contributed by atoms with Gasteiger partial charge in [-0.25, -0.2) is 0 Å². The quantitative estimate of drug-likeness (QED) is 0.818. The molecule has 1 heterocycles. The van der Waals surface area contributed by atoms with Gasteiger partial charge in [-0.15, -0.1) is 0 Å². The van der Waals surface area contributed by atoms with Crippen LogP contribution in [0, 0.1) is 0 Å². The number of nitrogens with two attached hydrogens (primary N) is 1. The maximum atomic E-state index is 12.0. The van der Waals surface area contributed by atoms with E-state index in [1.807, 2.05) is 27.7 Å². The SMILES string of the molecule is CC(C)c1[nH]nc(C(=O)N(C)C(C)C)c1N. The predicted octanol–water partition coefficient (Wildman–Crippen LogP) is 1.60. The largest absolute Gasteiger partial charge is 0.395 e. The summed E-state index contributed by atoms with van der Waals surface area (Å²) in [5.74, 6) is 0.0917. The van der Waals surface area contributed by atoms with Gasteiger partial charge >= 0.3 is 0 Å². The number of carbonyl (C=O) groups is 1. The number of amides is 1. The molecule has 0 spiro atoms. The second kappa shape index (κ2) is 4.55. The second-order valence-electron chi connectivity index (χ2n) is 4.56. The van der Waals surface area contributed by atoms with E-state index in [-0.39, 0.29) is 17.9 Å². The lowest BCUT2D eigenvalue weighted by atomic mass is 10.1. The summed E-state index contributed by atoms with van der Waals surface area (Å²) in [5, 5.41) is 6.82. The molecule has 0 aliphatic heterocycles. The fourth-order valence-electron chi connectivity index (χ4n) is 1.37. The van der Waals surface area contributed by atoms with E-state index in [0.717, 1.165) is 5.69 Å².